The third kappa shape index (κ3) is 8.37. The van der Waals surface area contributed by atoms with Gasteiger partial charge in [-0.2, -0.15) is 11.8 Å². The second-order valence-corrected chi connectivity index (χ2v) is 4.41. The molecule has 0 bridgehead atoms. The fraction of sp³-hybridized carbons (Fsp3) is 1.00. The molecule has 2 nitrogen and oxygen atoms in total. The fourth-order valence-corrected chi connectivity index (χ4v) is 1.54. The molecule has 0 aliphatic rings. The van der Waals surface area contributed by atoms with Crippen molar-refractivity contribution in [3.8, 4) is 0 Å². The Morgan fingerprint density at radius 3 is 2.83 bits per heavy atom. The van der Waals surface area contributed by atoms with Gasteiger partial charge in [-0.25, -0.2) is 0 Å². The number of aliphatic hydroxyl groups is 1. The van der Waals surface area contributed by atoms with E-state index in [4.69, 9.17) is 5.11 Å². The zero-order valence-electron chi connectivity index (χ0n) is 8.18. The number of aliphatic hydroxyl groups excluding tert-OH is 1. The minimum absolute atomic E-state index is 0.312. The van der Waals surface area contributed by atoms with Crippen molar-refractivity contribution in [2.75, 3.05) is 31.2 Å². The summed E-state index contributed by atoms with van der Waals surface area (Å²) in [6, 6.07) is 0. The Balaban J connectivity index is 2.97. The van der Waals surface area contributed by atoms with E-state index in [-0.39, 0.29) is 0 Å². The van der Waals surface area contributed by atoms with E-state index in [2.05, 4.69) is 19.2 Å². The van der Waals surface area contributed by atoms with Crippen molar-refractivity contribution in [2.24, 2.45) is 5.92 Å². The van der Waals surface area contributed by atoms with Gasteiger partial charge in [0.05, 0.1) is 0 Å². The normalized spacial score (nSPS) is 13.2. The van der Waals surface area contributed by atoms with Crippen LogP contribution in [-0.4, -0.2) is 36.3 Å². The van der Waals surface area contributed by atoms with Crippen molar-refractivity contribution < 1.29 is 5.11 Å². The molecule has 2 N–H and O–H groups in total. The molecule has 0 saturated carbocycles. The van der Waals surface area contributed by atoms with Crippen LogP contribution in [0.4, 0.5) is 0 Å². The van der Waals surface area contributed by atoms with Gasteiger partial charge in [-0.15, -0.1) is 0 Å². The van der Waals surface area contributed by atoms with E-state index < -0.39 is 0 Å². The summed E-state index contributed by atoms with van der Waals surface area (Å²) in [5.74, 6) is 3.00. The molecule has 0 rings (SSSR count). The van der Waals surface area contributed by atoms with E-state index in [1.807, 2.05) is 11.8 Å². The highest BCUT2D eigenvalue weighted by molar-refractivity contribution is 7.99. The van der Waals surface area contributed by atoms with Crippen LogP contribution in [0.1, 0.15) is 20.3 Å². The first-order valence-corrected chi connectivity index (χ1v) is 5.86. The minimum atomic E-state index is 0.312. The van der Waals surface area contributed by atoms with Crippen molar-refractivity contribution in [3.05, 3.63) is 0 Å². The Kier molecular flexibility index (Phi) is 9.57. The Morgan fingerprint density at radius 1 is 1.50 bits per heavy atom. The summed E-state index contributed by atoms with van der Waals surface area (Å²) in [6.45, 7) is 6.78. The van der Waals surface area contributed by atoms with Crippen LogP contribution in [0.2, 0.25) is 0 Å². The molecule has 1 unspecified atom stereocenters. The summed E-state index contributed by atoms with van der Waals surface area (Å²) in [5.41, 5.74) is 0. The van der Waals surface area contributed by atoms with Gasteiger partial charge in [0.2, 0.25) is 0 Å². The molecule has 0 aromatic heterocycles. The number of hydrogen-bond donors (Lipinski definition) is 2. The van der Waals surface area contributed by atoms with Crippen molar-refractivity contribution in [3.63, 3.8) is 0 Å². The predicted octanol–water partition coefficient (Wildman–Crippen LogP) is 1.35. The lowest BCUT2D eigenvalue weighted by Gasteiger charge is -2.10. The maximum atomic E-state index is 8.65. The highest BCUT2D eigenvalue weighted by Crippen LogP contribution is 1.99. The van der Waals surface area contributed by atoms with E-state index in [0.717, 1.165) is 19.5 Å². The number of hydrogen-bond acceptors (Lipinski definition) is 3. The molecule has 12 heavy (non-hydrogen) atoms. The fourth-order valence-electron chi connectivity index (χ4n) is 0.960. The van der Waals surface area contributed by atoms with Crippen molar-refractivity contribution in [1.82, 2.24) is 5.32 Å². The Bertz CT molecular complexity index is 90.6. The van der Waals surface area contributed by atoms with Gasteiger partial charge >= 0.3 is 0 Å². The van der Waals surface area contributed by atoms with Gasteiger partial charge in [-0.3, -0.25) is 0 Å². The van der Waals surface area contributed by atoms with Crippen LogP contribution in [0.25, 0.3) is 0 Å². The van der Waals surface area contributed by atoms with Crippen LogP contribution in [0.3, 0.4) is 0 Å². The average molecular weight is 191 g/mol. The van der Waals surface area contributed by atoms with Crippen molar-refractivity contribution in [1.29, 1.82) is 0 Å². The molecule has 0 fully saturated rings. The Hall–Kier alpha value is 0.270. The first-order chi connectivity index (χ1) is 5.81. The molecule has 0 spiro atoms. The topological polar surface area (TPSA) is 32.3 Å². The monoisotopic (exact) mass is 191 g/mol. The maximum absolute atomic E-state index is 8.65. The lowest BCUT2D eigenvalue weighted by molar-refractivity contribution is 0.260. The second-order valence-electron chi connectivity index (χ2n) is 3.02. The lowest BCUT2D eigenvalue weighted by Crippen LogP contribution is -2.24. The van der Waals surface area contributed by atoms with Gasteiger partial charge in [-0.05, 0) is 24.6 Å². The minimum Gasteiger partial charge on any atom is -0.396 e. The Labute approximate surface area is 80.1 Å². The summed E-state index contributed by atoms with van der Waals surface area (Å²) in [4.78, 5) is 0. The molecule has 0 aromatic rings. The van der Waals surface area contributed by atoms with Gasteiger partial charge < -0.3 is 10.4 Å². The van der Waals surface area contributed by atoms with Gasteiger partial charge in [0.1, 0.15) is 0 Å². The molecule has 74 valence electrons. The average Bonchev–Trinajstić information content (AvgIpc) is 2.05. The molecule has 0 heterocycles. The third-order valence-corrected chi connectivity index (χ3v) is 2.64. The first-order valence-electron chi connectivity index (χ1n) is 4.70. The van der Waals surface area contributed by atoms with Crippen molar-refractivity contribution in [2.45, 2.75) is 20.3 Å². The van der Waals surface area contributed by atoms with Crippen LogP contribution in [0.15, 0.2) is 0 Å². The smallest absolute Gasteiger partial charge is 0.0434 e. The molecular weight excluding hydrogens is 170 g/mol. The van der Waals surface area contributed by atoms with E-state index in [1.54, 1.807) is 0 Å². The molecule has 0 aromatic carbocycles. The highest BCUT2D eigenvalue weighted by atomic mass is 32.2. The first kappa shape index (κ1) is 12.3. The van der Waals surface area contributed by atoms with Crippen LogP contribution >= 0.6 is 11.8 Å². The summed E-state index contributed by atoms with van der Waals surface area (Å²) < 4.78 is 0. The SMILES string of the molecule is CCSCCNCC(C)CCO. The summed E-state index contributed by atoms with van der Waals surface area (Å²) in [6.07, 6.45) is 0.911. The maximum Gasteiger partial charge on any atom is 0.0434 e. The lowest BCUT2D eigenvalue weighted by atomic mass is 10.1. The number of nitrogens with one attached hydrogen (secondary N) is 1. The summed E-state index contributed by atoms with van der Waals surface area (Å²) in [7, 11) is 0. The van der Waals surface area contributed by atoms with Crippen LogP contribution in [-0.2, 0) is 0 Å². The highest BCUT2D eigenvalue weighted by Gasteiger charge is 1.98. The Morgan fingerprint density at radius 2 is 2.25 bits per heavy atom. The standard InChI is InChI=1S/C9H21NOS/c1-3-12-7-5-10-8-9(2)4-6-11/h9-11H,3-8H2,1-2H3. The molecule has 0 radical (unpaired) electrons. The van der Waals surface area contributed by atoms with Crippen molar-refractivity contribution >= 4 is 11.8 Å². The molecule has 1 atom stereocenters. The van der Waals surface area contributed by atoms with E-state index in [1.165, 1.54) is 11.5 Å². The molecule has 3 heteroatoms. The molecule has 0 amide bonds. The predicted molar refractivity (Wildman–Crippen MR) is 56.7 cm³/mol. The molecule has 0 aliphatic heterocycles. The molecular formula is C9H21NOS. The summed E-state index contributed by atoms with van der Waals surface area (Å²) in [5, 5.41) is 12.0. The summed E-state index contributed by atoms with van der Waals surface area (Å²) >= 11 is 1.96. The zero-order valence-corrected chi connectivity index (χ0v) is 8.99. The molecule has 0 aliphatic carbocycles. The zero-order chi connectivity index (χ0) is 9.23. The number of thioether (sulfide) groups is 1. The van der Waals surface area contributed by atoms with Gasteiger partial charge in [0.15, 0.2) is 0 Å². The third-order valence-electron chi connectivity index (χ3n) is 1.74. The quantitative estimate of drug-likeness (QED) is 0.568. The number of rotatable bonds is 8. The second kappa shape index (κ2) is 9.36. The largest absolute Gasteiger partial charge is 0.396 e. The van der Waals surface area contributed by atoms with Crippen LogP contribution in [0, 0.1) is 5.92 Å². The van der Waals surface area contributed by atoms with E-state index in [0.29, 0.717) is 12.5 Å². The van der Waals surface area contributed by atoms with Gasteiger partial charge in [0, 0.05) is 18.9 Å². The van der Waals surface area contributed by atoms with E-state index in [9.17, 15) is 0 Å². The van der Waals surface area contributed by atoms with Gasteiger partial charge in [-0.1, -0.05) is 13.8 Å². The molecule has 0 saturated heterocycles. The van der Waals surface area contributed by atoms with Crippen LogP contribution in [0.5, 0.6) is 0 Å². The van der Waals surface area contributed by atoms with E-state index >= 15 is 0 Å². The van der Waals surface area contributed by atoms with Gasteiger partial charge in [0.25, 0.3) is 0 Å². The van der Waals surface area contributed by atoms with Crippen LogP contribution < -0.4 is 5.32 Å².